The van der Waals surface area contributed by atoms with Crippen LogP contribution < -0.4 is 4.90 Å². The zero-order valence-electron chi connectivity index (χ0n) is 10.5. The number of aliphatic hydroxyl groups is 1. The van der Waals surface area contributed by atoms with E-state index in [1.54, 1.807) is 4.90 Å². The van der Waals surface area contributed by atoms with E-state index in [0.717, 1.165) is 5.69 Å². The molecule has 1 fully saturated rings. The van der Waals surface area contributed by atoms with Crippen LogP contribution in [0.4, 0.5) is 18.9 Å². The Hall–Kier alpha value is -1.27. The lowest BCUT2D eigenvalue weighted by atomic mass is 10.2. The molecular weight excluding hydrogens is 257 g/mol. The molecule has 0 aromatic heterocycles. The average Bonchev–Trinajstić information content (AvgIpc) is 2.39. The van der Waals surface area contributed by atoms with Crippen molar-refractivity contribution in [2.45, 2.75) is 12.3 Å². The quantitative estimate of drug-likeness (QED) is 0.909. The van der Waals surface area contributed by atoms with Crippen LogP contribution in [0.1, 0.15) is 0 Å². The first kappa shape index (κ1) is 14.1. The molecule has 0 saturated carbocycles. The van der Waals surface area contributed by atoms with Crippen LogP contribution in [0, 0.1) is 0 Å². The minimum Gasteiger partial charge on any atom is -0.382 e. The molecule has 1 aromatic carbocycles. The zero-order chi connectivity index (χ0) is 13.9. The number of β-amino-alcohol motifs (C(OH)–C–C–N with tert-alkyl or cyclic N) is 1. The molecule has 0 spiro atoms. The molecule has 19 heavy (non-hydrogen) atoms. The van der Waals surface area contributed by atoms with Gasteiger partial charge in [-0.15, -0.1) is 0 Å². The maximum atomic E-state index is 12.3. The van der Waals surface area contributed by atoms with E-state index in [1.807, 2.05) is 30.3 Å². The van der Waals surface area contributed by atoms with Gasteiger partial charge in [-0.25, -0.2) is 0 Å². The molecule has 1 saturated heterocycles. The van der Waals surface area contributed by atoms with Gasteiger partial charge in [0.05, 0.1) is 0 Å². The molecule has 0 radical (unpaired) electrons. The smallest absolute Gasteiger partial charge is 0.382 e. The van der Waals surface area contributed by atoms with Gasteiger partial charge in [-0.3, -0.25) is 4.90 Å². The predicted molar refractivity (Wildman–Crippen MR) is 67.2 cm³/mol. The van der Waals surface area contributed by atoms with Gasteiger partial charge in [0, 0.05) is 38.4 Å². The third-order valence-electron chi connectivity index (χ3n) is 3.30. The minimum absolute atomic E-state index is 0.341. The van der Waals surface area contributed by atoms with Gasteiger partial charge in [0.25, 0.3) is 0 Å². The summed E-state index contributed by atoms with van der Waals surface area (Å²) < 4.78 is 36.8. The van der Waals surface area contributed by atoms with E-state index in [-0.39, 0.29) is 6.54 Å². The van der Waals surface area contributed by atoms with E-state index in [0.29, 0.717) is 26.2 Å². The van der Waals surface area contributed by atoms with Gasteiger partial charge in [-0.05, 0) is 12.1 Å². The number of hydrogen-bond acceptors (Lipinski definition) is 3. The Bertz CT molecular complexity index is 389. The second kappa shape index (κ2) is 5.79. The molecule has 0 bridgehead atoms. The van der Waals surface area contributed by atoms with Crippen molar-refractivity contribution in [3.05, 3.63) is 30.3 Å². The number of aliphatic hydroxyl groups excluding tert-OH is 1. The molecule has 3 nitrogen and oxygen atoms in total. The number of hydrogen-bond donors (Lipinski definition) is 1. The van der Waals surface area contributed by atoms with Crippen LogP contribution in [0.25, 0.3) is 0 Å². The molecule has 0 amide bonds. The highest BCUT2D eigenvalue weighted by atomic mass is 19.4. The van der Waals surface area contributed by atoms with Crippen LogP contribution in [0.3, 0.4) is 0 Å². The monoisotopic (exact) mass is 274 g/mol. The van der Waals surface area contributed by atoms with Crippen LogP contribution in [0.2, 0.25) is 0 Å². The summed E-state index contributed by atoms with van der Waals surface area (Å²) in [6.45, 7) is 2.07. The fourth-order valence-corrected chi connectivity index (χ4v) is 2.18. The predicted octanol–water partition coefficient (Wildman–Crippen LogP) is 1.73. The molecule has 2 rings (SSSR count). The van der Waals surface area contributed by atoms with Gasteiger partial charge in [-0.2, -0.15) is 13.2 Å². The number of anilines is 1. The number of benzene rings is 1. The number of para-hydroxylation sites is 1. The van der Waals surface area contributed by atoms with Gasteiger partial charge in [0.15, 0.2) is 6.10 Å². The molecule has 1 heterocycles. The Morgan fingerprint density at radius 3 is 2.16 bits per heavy atom. The fraction of sp³-hybridized carbons (Fsp3) is 0.538. The standard InChI is InChI=1S/C13H17F3N2O/c14-13(15,16)12(19)10-17-6-8-18(9-7-17)11-4-2-1-3-5-11/h1-5,12,19H,6-10H2/t12-/m0/s1. The van der Waals surface area contributed by atoms with E-state index in [9.17, 15) is 13.2 Å². The summed E-state index contributed by atoms with van der Waals surface area (Å²) in [7, 11) is 0. The van der Waals surface area contributed by atoms with E-state index < -0.39 is 12.3 Å². The Labute approximate surface area is 110 Å². The Balaban J connectivity index is 1.83. The highest BCUT2D eigenvalue weighted by Crippen LogP contribution is 2.22. The third-order valence-corrected chi connectivity index (χ3v) is 3.30. The van der Waals surface area contributed by atoms with Crippen LogP contribution in [-0.4, -0.2) is 55.0 Å². The van der Waals surface area contributed by atoms with Gasteiger partial charge in [-0.1, -0.05) is 18.2 Å². The van der Waals surface area contributed by atoms with Crippen molar-refractivity contribution in [3.8, 4) is 0 Å². The lowest BCUT2D eigenvalue weighted by Crippen LogP contribution is -2.50. The average molecular weight is 274 g/mol. The Morgan fingerprint density at radius 1 is 1.05 bits per heavy atom. The lowest BCUT2D eigenvalue weighted by molar-refractivity contribution is -0.208. The minimum atomic E-state index is -4.53. The van der Waals surface area contributed by atoms with Gasteiger partial charge in [0.1, 0.15) is 0 Å². The highest BCUT2D eigenvalue weighted by molar-refractivity contribution is 5.46. The van der Waals surface area contributed by atoms with Crippen molar-refractivity contribution in [2.75, 3.05) is 37.6 Å². The first-order valence-corrected chi connectivity index (χ1v) is 6.24. The molecule has 1 atom stereocenters. The third kappa shape index (κ3) is 3.84. The van der Waals surface area contributed by atoms with Crippen LogP contribution in [-0.2, 0) is 0 Å². The summed E-state index contributed by atoms with van der Waals surface area (Å²) in [6, 6.07) is 9.78. The zero-order valence-corrected chi connectivity index (χ0v) is 10.5. The van der Waals surface area contributed by atoms with Crippen molar-refractivity contribution in [1.82, 2.24) is 4.90 Å². The fourth-order valence-electron chi connectivity index (χ4n) is 2.18. The second-order valence-electron chi connectivity index (χ2n) is 4.68. The summed E-state index contributed by atoms with van der Waals surface area (Å²) in [5.74, 6) is 0. The van der Waals surface area contributed by atoms with Crippen molar-refractivity contribution in [3.63, 3.8) is 0 Å². The lowest BCUT2D eigenvalue weighted by Gasteiger charge is -2.37. The van der Waals surface area contributed by atoms with Crippen molar-refractivity contribution in [1.29, 1.82) is 0 Å². The molecule has 0 aliphatic carbocycles. The summed E-state index contributed by atoms with van der Waals surface area (Å²) >= 11 is 0. The molecule has 1 aliphatic rings. The van der Waals surface area contributed by atoms with Crippen molar-refractivity contribution >= 4 is 5.69 Å². The number of alkyl halides is 3. The van der Waals surface area contributed by atoms with Crippen molar-refractivity contribution in [2.24, 2.45) is 0 Å². The summed E-state index contributed by atoms with van der Waals surface area (Å²) in [5.41, 5.74) is 1.08. The topological polar surface area (TPSA) is 26.7 Å². The molecular formula is C13H17F3N2O. The maximum Gasteiger partial charge on any atom is 0.415 e. The summed E-state index contributed by atoms with van der Waals surface area (Å²) in [5, 5.41) is 9.04. The van der Waals surface area contributed by atoms with Gasteiger partial charge < -0.3 is 10.0 Å². The first-order chi connectivity index (χ1) is 8.97. The molecule has 1 N–H and O–H groups in total. The molecule has 0 unspecified atom stereocenters. The largest absolute Gasteiger partial charge is 0.415 e. The van der Waals surface area contributed by atoms with Crippen LogP contribution >= 0.6 is 0 Å². The maximum absolute atomic E-state index is 12.3. The van der Waals surface area contributed by atoms with E-state index in [1.165, 1.54) is 0 Å². The number of piperazine rings is 1. The molecule has 106 valence electrons. The van der Waals surface area contributed by atoms with E-state index in [2.05, 4.69) is 4.90 Å². The first-order valence-electron chi connectivity index (χ1n) is 6.24. The Kier molecular flexibility index (Phi) is 4.31. The molecule has 1 aliphatic heterocycles. The molecule has 1 aromatic rings. The van der Waals surface area contributed by atoms with Gasteiger partial charge in [0.2, 0.25) is 0 Å². The van der Waals surface area contributed by atoms with E-state index >= 15 is 0 Å². The van der Waals surface area contributed by atoms with E-state index in [4.69, 9.17) is 5.11 Å². The van der Waals surface area contributed by atoms with Crippen LogP contribution in [0.15, 0.2) is 30.3 Å². The normalized spacial score (nSPS) is 19.5. The second-order valence-corrected chi connectivity index (χ2v) is 4.68. The SMILES string of the molecule is O[C@@H](CN1CCN(c2ccccc2)CC1)C(F)(F)F. The van der Waals surface area contributed by atoms with Gasteiger partial charge >= 0.3 is 6.18 Å². The number of nitrogens with zero attached hydrogens (tertiary/aromatic N) is 2. The highest BCUT2D eigenvalue weighted by Gasteiger charge is 2.39. The summed E-state index contributed by atoms with van der Waals surface area (Å²) in [6.07, 6.45) is -6.79. The number of halogens is 3. The van der Waals surface area contributed by atoms with Crippen LogP contribution in [0.5, 0.6) is 0 Å². The Morgan fingerprint density at radius 2 is 1.63 bits per heavy atom. The van der Waals surface area contributed by atoms with Crippen molar-refractivity contribution < 1.29 is 18.3 Å². The summed E-state index contributed by atoms with van der Waals surface area (Å²) in [4.78, 5) is 3.79. The molecule has 6 heteroatoms. The number of rotatable bonds is 3.